The predicted molar refractivity (Wildman–Crippen MR) is 90.9 cm³/mol. The molecule has 5 nitrogen and oxygen atoms in total. The van der Waals surface area contributed by atoms with E-state index in [-0.39, 0.29) is 28.8 Å². The van der Waals surface area contributed by atoms with E-state index in [0.29, 0.717) is 0 Å². The number of pyridine rings is 1. The van der Waals surface area contributed by atoms with Crippen LogP contribution in [0.3, 0.4) is 0 Å². The van der Waals surface area contributed by atoms with Crippen LogP contribution in [0.4, 0.5) is 18.9 Å². The maximum atomic E-state index is 12.5. The number of hydrogen-bond acceptors (Lipinski definition) is 3. The lowest BCUT2D eigenvalue weighted by Gasteiger charge is -2.12. The minimum absolute atomic E-state index is 0.0212. The molecular weight excluding hydrogens is 347 g/mol. The van der Waals surface area contributed by atoms with Crippen molar-refractivity contribution >= 4 is 17.5 Å². The van der Waals surface area contributed by atoms with E-state index in [2.05, 4.69) is 15.6 Å². The predicted octanol–water partition coefficient (Wildman–Crippen LogP) is 3.88. The largest absolute Gasteiger partial charge is 0.416 e. The molecule has 2 amide bonds. The van der Waals surface area contributed by atoms with Gasteiger partial charge < -0.3 is 10.6 Å². The Bertz CT molecular complexity index is 789. The molecule has 138 valence electrons. The number of rotatable bonds is 5. The fraction of sp³-hybridized carbons (Fsp3) is 0.278. The summed E-state index contributed by atoms with van der Waals surface area (Å²) in [5.41, 5.74) is -0.245. The molecule has 8 heteroatoms. The van der Waals surface area contributed by atoms with Gasteiger partial charge in [0.15, 0.2) is 0 Å². The van der Waals surface area contributed by atoms with E-state index in [4.69, 9.17) is 0 Å². The van der Waals surface area contributed by atoms with Gasteiger partial charge in [-0.1, -0.05) is 6.92 Å². The fourth-order valence-electron chi connectivity index (χ4n) is 2.04. The number of anilines is 1. The van der Waals surface area contributed by atoms with Crippen molar-refractivity contribution in [1.29, 1.82) is 0 Å². The second-order valence-corrected chi connectivity index (χ2v) is 5.77. The van der Waals surface area contributed by atoms with Crippen LogP contribution in [0.2, 0.25) is 0 Å². The van der Waals surface area contributed by atoms with Gasteiger partial charge in [-0.25, -0.2) is 0 Å². The molecule has 0 saturated heterocycles. The van der Waals surface area contributed by atoms with Crippen LogP contribution in [0, 0.1) is 0 Å². The van der Waals surface area contributed by atoms with Crippen LogP contribution >= 0.6 is 0 Å². The highest BCUT2D eigenvalue weighted by Crippen LogP contribution is 2.29. The van der Waals surface area contributed by atoms with Gasteiger partial charge in [-0.2, -0.15) is 13.2 Å². The normalized spacial score (nSPS) is 12.3. The molecule has 2 rings (SSSR count). The highest BCUT2D eigenvalue weighted by Gasteiger charge is 2.30. The monoisotopic (exact) mass is 365 g/mol. The minimum atomic E-state index is -4.44. The number of halogens is 3. The number of carbonyl (C=O) groups is 2. The van der Waals surface area contributed by atoms with Gasteiger partial charge in [-0.3, -0.25) is 14.6 Å². The lowest BCUT2D eigenvalue weighted by Crippen LogP contribution is -2.32. The van der Waals surface area contributed by atoms with Crippen LogP contribution < -0.4 is 10.6 Å². The van der Waals surface area contributed by atoms with Crippen molar-refractivity contribution in [2.45, 2.75) is 32.5 Å². The summed E-state index contributed by atoms with van der Waals surface area (Å²) in [6.07, 6.45) is -1.07. The first-order valence-corrected chi connectivity index (χ1v) is 7.95. The Labute approximate surface area is 148 Å². The standard InChI is InChI=1S/C18H18F3N3O2/c1-3-11(2)23-16(25)12-8-13(10-22-9-12)17(26)24-15-6-4-14(5-7-15)18(19,20)21/h4-11H,3H2,1-2H3,(H,23,25)(H,24,26). The maximum Gasteiger partial charge on any atom is 0.416 e. The molecule has 1 atom stereocenters. The molecule has 0 saturated carbocycles. The Morgan fingerprint density at radius 2 is 1.65 bits per heavy atom. The van der Waals surface area contributed by atoms with Gasteiger partial charge in [-0.15, -0.1) is 0 Å². The second-order valence-electron chi connectivity index (χ2n) is 5.77. The number of alkyl halides is 3. The van der Waals surface area contributed by atoms with Crippen molar-refractivity contribution in [2.75, 3.05) is 5.32 Å². The van der Waals surface area contributed by atoms with Gasteiger partial charge in [0.2, 0.25) is 0 Å². The van der Waals surface area contributed by atoms with Gasteiger partial charge in [0, 0.05) is 24.1 Å². The third kappa shape index (κ3) is 5.05. The molecule has 0 aliphatic rings. The molecule has 1 heterocycles. The summed E-state index contributed by atoms with van der Waals surface area (Å²) in [7, 11) is 0. The fourth-order valence-corrected chi connectivity index (χ4v) is 2.04. The highest BCUT2D eigenvalue weighted by atomic mass is 19.4. The molecule has 2 N–H and O–H groups in total. The third-order valence-corrected chi connectivity index (χ3v) is 3.72. The number of nitrogens with zero attached hydrogens (tertiary/aromatic N) is 1. The van der Waals surface area contributed by atoms with Crippen LogP contribution in [0.15, 0.2) is 42.7 Å². The molecule has 0 radical (unpaired) electrons. The van der Waals surface area contributed by atoms with Crippen molar-refractivity contribution < 1.29 is 22.8 Å². The number of nitrogens with one attached hydrogen (secondary N) is 2. The average Bonchev–Trinajstić information content (AvgIpc) is 2.61. The molecule has 1 aromatic carbocycles. The summed E-state index contributed by atoms with van der Waals surface area (Å²) in [5, 5.41) is 5.24. The Morgan fingerprint density at radius 3 is 2.19 bits per heavy atom. The third-order valence-electron chi connectivity index (χ3n) is 3.72. The zero-order valence-electron chi connectivity index (χ0n) is 14.2. The molecule has 2 aromatic rings. The van der Waals surface area contributed by atoms with E-state index in [9.17, 15) is 22.8 Å². The van der Waals surface area contributed by atoms with Crippen molar-refractivity contribution in [1.82, 2.24) is 10.3 Å². The maximum absolute atomic E-state index is 12.5. The Morgan fingerprint density at radius 1 is 1.08 bits per heavy atom. The molecule has 0 fully saturated rings. The number of carbonyl (C=O) groups excluding carboxylic acids is 2. The van der Waals surface area contributed by atoms with E-state index in [0.717, 1.165) is 30.7 Å². The first-order chi connectivity index (χ1) is 12.2. The molecule has 0 aliphatic heterocycles. The second kappa shape index (κ2) is 7.99. The van der Waals surface area contributed by atoms with Crippen LogP contribution in [0.5, 0.6) is 0 Å². The summed E-state index contributed by atoms with van der Waals surface area (Å²) >= 11 is 0. The Kier molecular flexibility index (Phi) is 5.97. The zero-order chi connectivity index (χ0) is 19.3. The van der Waals surface area contributed by atoms with E-state index in [1.807, 2.05) is 13.8 Å². The van der Waals surface area contributed by atoms with Crippen molar-refractivity contribution in [3.05, 3.63) is 59.4 Å². The number of benzene rings is 1. The van der Waals surface area contributed by atoms with E-state index in [1.165, 1.54) is 18.5 Å². The number of hydrogen-bond donors (Lipinski definition) is 2. The molecule has 0 bridgehead atoms. The zero-order valence-corrected chi connectivity index (χ0v) is 14.2. The molecule has 1 aromatic heterocycles. The lowest BCUT2D eigenvalue weighted by atomic mass is 10.1. The average molecular weight is 365 g/mol. The summed E-state index contributed by atoms with van der Waals surface area (Å²) in [6, 6.07) is 5.44. The number of aromatic nitrogens is 1. The quantitative estimate of drug-likeness (QED) is 0.845. The van der Waals surface area contributed by atoms with Crippen LogP contribution in [0.1, 0.15) is 46.5 Å². The molecule has 26 heavy (non-hydrogen) atoms. The SMILES string of the molecule is CCC(C)NC(=O)c1cncc(C(=O)Nc2ccc(C(F)(F)F)cc2)c1. The molecular formula is C18H18F3N3O2. The van der Waals surface area contributed by atoms with E-state index < -0.39 is 17.6 Å². The van der Waals surface area contributed by atoms with Gasteiger partial charge in [0.1, 0.15) is 0 Å². The molecule has 0 aliphatic carbocycles. The summed E-state index contributed by atoms with van der Waals surface area (Å²) in [4.78, 5) is 28.2. The summed E-state index contributed by atoms with van der Waals surface area (Å²) in [6.45, 7) is 3.78. The first-order valence-electron chi connectivity index (χ1n) is 7.95. The molecule has 0 spiro atoms. The lowest BCUT2D eigenvalue weighted by molar-refractivity contribution is -0.137. The Balaban J connectivity index is 2.10. The smallest absolute Gasteiger partial charge is 0.350 e. The van der Waals surface area contributed by atoms with Crippen molar-refractivity contribution in [3.63, 3.8) is 0 Å². The molecule has 1 unspecified atom stereocenters. The van der Waals surface area contributed by atoms with Crippen LogP contribution in [-0.2, 0) is 6.18 Å². The number of amides is 2. The first kappa shape index (κ1) is 19.4. The summed E-state index contributed by atoms with van der Waals surface area (Å²) in [5.74, 6) is -0.925. The van der Waals surface area contributed by atoms with E-state index >= 15 is 0 Å². The van der Waals surface area contributed by atoms with Crippen molar-refractivity contribution in [2.24, 2.45) is 0 Å². The van der Waals surface area contributed by atoms with Crippen LogP contribution in [0.25, 0.3) is 0 Å². The van der Waals surface area contributed by atoms with Crippen molar-refractivity contribution in [3.8, 4) is 0 Å². The Hall–Kier alpha value is -2.90. The highest BCUT2D eigenvalue weighted by molar-refractivity contribution is 6.05. The summed E-state index contributed by atoms with van der Waals surface area (Å²) < 4.78 is 37.6. The van der Waals surface area contributed by atoms with Gasteiger partial charge >= 0.3 is 6.18 Å². The van der Waals surface area contributed by atoms with Gasteiger partial charge in [0.05, 0.1) is 16.7 Å². The van der Waals surface area contributed by atoms with Crippen LogP contribution in [-0.4, -0.2) is 22.8 Å². The van der Waals surface area contributed by atoms with Gasteiger partial charge in [0.25, 0.3) is 11.8 Å². The minimum Gasteiger partial charge on any atom is -0.350 e. The van der Waals surface area contributed by atoms with Gasteiger partial charge in [-0.05, 0) is 43.7 Å². The topological polar surface area (TPSA) is 71.1 Å². The van der Waals surface area contributed by atoms with E-state index in [1.54, 1.807) is 0 Å².